The molecule has 0 bridgehead atoms. The van der Waals surface area contributed by atoms with Crippen LogP contribution in [0.25, 0.3) is 0 Å². The van der Waals surface area contributed by atoms with Crippen LogP contribution in [0.1, 0.15) is 43.5 Å². The molecule has 2 unspecified atom stereocenters. The lowest BCUT2D eigenvalue weighted by molar-refractivity contribution is 0.0837. The first kappa shape index (κ1) is 13.9. The van der Waals surface area contributed by atoms with Gasteiger partial charge in [0.15, 0.2) is 5.78 Å². The third-order valence-electron chi connectivity index (χ3n) is 4.07. The van der Waals surface area contributed by atoms with Crippen LogP contribution in [0.3, 0.4) is 0 Å². The Morgan fingerprint density at radius 3 is 2.37 bits per heavy atom. The molecule has 3 nitrogen and oxygen atoms in total. The molecule has 0 spiro atoms. The van der Waals surface area contributed by atoms with E-state index in [1.807, 2.05) is 0 Å². The second kappa shape index (κ2) is 5.64. The van der Waals surface area contributed by atoms with Crippen molar-refractivity contribution in [3.05, 3.63) is 23.8 Å². The minimum absolute atomic E-state index is 0.120. The number of anilines is 1. The lowest BCUT2D eigenvalue weighted by Crippen LogP contribution is -2.26. The van der Waals surface area contributed by atoms with Gasteiger partial charge in [0.2, 0.25) is 0 Å². The fraction of sp³-hybridized carbons (Fsp3) is 0.562. The van der Waals surface area contributed by atoms with Crippen LogP contribution in [-0.4, -0.2) is 12.9 Å². The minimum Gasteiger partial charge on any atom is -0.497 e. The summed E-state index contributed by atoms with van der Waals surface area (Å²) in [5.74, 6) is 2.25. The van der Waals surface area contributed by atoms with Crippen molar-refractivity contribution < 1.29 is 9.53 Å². The third kappa shape index (κ3) is 3.09. The van der Waals surface area contributed by atoms with Crippen LogP contribution in [0.5, 0.6) is 5.75 Å². The average Bonchev–Trinajstić information content (AvgIpc) is 2.36. The van der Waals surface area contributed by atoms with Gasteiger partial charge in [0, 0.05) is 23.2 Å². The Balaban J connectivity index is 2.19. The molecule has 0 radical (unpaired) electrons. The summed E-state index contributed by atoms with van der Waals surface area (Å²) in [6, 6.07) is 5.32. The number of hydrogen-bond donors (Lipinski definition) is 1. The Hall–Kier alpha value is -1.51. The summed E-state index contributed by atoms with van der Waals surface area (Å²) in [6.45, 7) is 4.46. The van der Waals surface area contributed by atoms with Crippen molar-refractivity contribution in [2.45, 2.75) is 33.1 Å². The Labute approximate surface area is 115 Å². The van der Waals surface area contributed by atoms with Crippen LogP contribution in [0.4, 0.5) is 5.69 Å². The van der Waals surface area contributed by atoms with E-state index < -0.39 is 0 Å². The van der Waals surface area contributed by atoms with Crippen LogP contribution in [0.15, 0.2) is 18.2 Å². The maximum Gasteiger partial charge on any atom is 0.168 e. The first-order chi connectivity index (χ1) is 9.01. The molecule has 1 aliphatic carbocycles. The van der Waals surface area contributed by atoms with Crippen molar-refractivity contribution in [2.24, 2.45) is 17.8 Å². The molecule has 1 aliphatic rings. The summed E-state index contributed by atoms with van der Waals surface area (Å²) in [6.07, 6.45) is 3.19. The van der Waals surface area contributed by atoms with Crippen molar-refractivity contribution >= 4 is 11.5 Å². The SMILES string of the molecule is COc1ccc(C(=O)C2CC(C)CC(C)C2)c(N)c1. The van der Waals surface area contributed by atoms with E-state index in [0.717, 1.165) is 12.8 Å². The van der Waals surface area contributed by atoms with Crippen LogP contribution in [-0.2, 0) is 0 Å². The van der Waals surface area contributed by atoms with Gasteiger partial charge in [-0.3, -0.25) is 4.79 Å². The normalized spacial score (nSPS) is 27.0. The summed E-state index contributed by atoms with van der Waals surface area (Å²) < 4.78 is 5.12. The van der Waals surface area contributed by atoms with Crippen LogP contribution in [0.2, 0.25) is 0 Å². The molecule has 0 aliphatic heterocycles. The number of rotatable bonds is 3. The molecule has 2 N–H and O–H groups in total. The predicted octanol–water partition coefficient (Wildman–Crippen LogP) is 3.53. The Bertz CT molecular complexity index is 460. The summed E-state index contributed by atoms with van der Waals surface area (Å²) in [5, 5.41) is 0. The van der Waals surface area contributed by atoms with E-state index in [4.69, 9.17) is 10.5 Å². The first-order valence-corrected chi connectivity index (χ1v) is 6.99. The van der Waals surface area contributed by atoms with E-state index in [1.54, 1.807) is 25.3 Å². The monoisotopic (exact) mass is 261 g/mol. The highest BCUT2D eigenvalue weighted by Gasteiger charge is 2.30. The second-order valence-corrected chi connectivity index (χ2v) is 5.93. The van der Waals surface area contributed by atoms with Gasteiger partial charge in [0.05, 0.1) is 7.11 Å². The maximum atomic E-state index is 12.6. The second-order valence-electron chi connectivity index (χ2n) is 5.93. The van der Waals surface area contributed by atoms with Gasteiger partial charge in [-0.05, 0) is 43.2 Å². The lowest BCUT2D eigenvalue weighted by Gasteiger charge is -2.30. The number of ketones is 1. The van der Waals surface area contributed by atoms with E-state index in [2.05, 4.69) is 13.8 Å². The number of carbonyl (C=O) groups excluding carboxylic acids is 1. The largest absolute Gasteiger partial charge is 0.497 e. The number of Topliss-reactive ketones (excluding diaryl/α,β-unsaturated/α-hetero) is 1. The van der Waals surface area contributed by atoms with Gasteiger partial charge < -0.3 is 10.5 Å². The zero-order valence-corrected chi connectivity index (χ0v) is 12.0. The Kier molecular flexibility index (Phi) is 4.13. The summed E-state index contributed by atoms with van der Waals surface area (Å²) in [4.78, 5) is 12.6. The van der Waals surface area contributed by atoms with Gasteiger partial charge in [-0.2, -0.15) is 0 Å². The smallest absolute Gasteiger partial charge is 0.168 e. The summed E-state index contributed by atoms with van der Waals surface area (Å²) >= 11 is 0. The van der Waals surface area contributed by atoms with Gasteiger partial charge in [-0.25, -0.2) is 0 Å². The molecule has 0 amide bonds. The molecule has 19 heavy (non-hydrogen) atoms. The van der Waals surface area contributed by atoms with Crippen molar-refractivity contribution in [2.75, 3.05) is 12.8 Å². The highest BCUT2D eigenvalue weighted by molar-refractivity contribution is 6.02. The molecule has 1 aromatic rings. The molecule has 0 heterocycles. The van der Waals surface area contributed by atoms with Gasteiger partial charge in [-0.15, -0.1) is 0 Å². The maximum absolute atomic E-state index is 12.6. The summed E-state index contributed by atoms with van der Waals surface area (Å²) in [5.41, 5.74) is 7.14. The molecule has 3 heteroatoms. The summed E-state index contributed by atoms with van der Waals surface area (Å²) in [7, 11) is 1.60. The number of carbonyl (C=O) groups is 1. The molecule has 2 rings (SSSR count). The van der Waals surface area contributed by atoms with Gasteiger partial charge in [0.25, 0.3) is 0 Å². The van der Waals surface area contributed by atoms with Crippen LogP contribution < -0.4 is 10.5 Å². The lowest BCUT2D eigenvalue weighted by atomic mass is 9.74. The third-order valence-corrected chi connectivity index (χ3v) is 4.07. The number of methoxy groups -OCH3 is 1. The molecule has 104 valence electrons. The quantitative estimate of drug-likeness (QED) is 0.669. The first-order valence-electron chi connectivity index (χ1n) is 6.99. The Morgan fingerprint density at radius 2 is 1.84 bits per heavy atom. The number of ether oxygens (including phenoxy) is 1. The Morgan fingerprint density at radius 1 is 1.21 bits per heavy atom. The van der Waals surface area contributed by atoms with Crippen molar-refractivity contribution in [1.29, 1.82) is 0 Å². The predicted molar refractivity (Wildman–Crippen MR) is 77.4 cm³/mol. The zero-order valence-electron chi connectivity index (χ0n) is 12.0. The molecular formula is C16H23NO2. The number of benzene rings is 1. The molecule has 1 aromatic carbocycles. The van der Waals surface area contributed by atoms with Crippen molar-refractivity contribution in [3.8, 4) is 5.75 Å². The molecule has 0 saturated heterocycles. The fourth-order valence-corrected chi connectivity index (χ4v) is 3.27. The van der Waals surface area contributed by atoms with E-state index in [0.29, 0.717) is 28.8 Å². The number of hydrogen-bond acceptors (Lipinski definition) is 3. The fourth-order valence-electron chi connectivity index (χ4n) is 3.27. The molecular weight excluding hydrogens is 238 g/mol. The van der Waals surface area contributed by atoms with Crippen molar-refractivity contribution in [1.82, 2.24) is 0 Å². The van der Waals surface area contributed by atoms with E-state index >= 15 is 0 Å². The standard InChI is InChI=1S/C16H23NO2/c1-10-6-11(2)8-12(7-10)16(18)14-5-4-13(19-3)9-15(14)17/h4-5,9-12H,6-8,17H2,1-3H3. The van der Waals surface area contributed by atoms with Crippen molar-refractivity contribution in [3.63, 3.8) is 0 Å². The molecule has 0 aromatic heterocycles. The van der Waals surface area contributed by atoms with Crippen LogP contribution in [0, 0.1) is 17.8 Å². The van der Waals surface area contributed by atoms with E-state index in [1.165, 1.54) is 6.42 Å². The highest BCUT2D eigenvalue weighted by Crippen LogP contribution is 2.35. The number of nitrogen functional groups attached to an aromatic ring is 1. The molecule has 2 atom stereocenters. The van der Waals surface area contributed by atoms with Gasteiger partial charge in [0.1, 0.15) is 5.75 Å². The van der Waals surface area contributed by atoms with Gasteiger partial charge in [-0.1, -0.05) is 13.8 Å². The van der Waals surface area contributed by atoms with E-state index in [-0.39, 0.29) is 11.7 Å². The van der Waals surface area contributed by atoms with Crippen LogP contribution >= 0.6 is 0 Å². The van der Waals surface area contributed by atoms with Gasteiger partial charge >= 0.3 is 0 Å². The average molecular weight is 261 g/mol. The molecule has 1 fully saturated rings. The molecule has 1 saturated carbocycles. The van der Waals surface area contributed by atoms with E-state index in [9.17, 15) is 4.79 Å². The highest BCUT2D eigenvalue weighted by atomic mass is 16.5. The topological polar surface area (TPSA) is 52.3 Å². The minimum atomic E-state index is 0.120. The number of nitrogens with two attached hydrogens (primary N) is 1. The zero-order chi connectivity index (χ0) is 14.0.